The van der Waals surface area contributed by atoms with Gasteiger partial charge in [-0.15, -0.1) is 0 Å². The van der Waals surface area contributed by atoms with Gasteiger partial charge >= 0.3 is 0 Å². The minimum atomic E-state index is -0.320. The van der Waals surface area contributed by atoms with Crippen molar-refractivity contribution in [3.63, 3.8) is 0 Å². The molecule has 3 aromatic rings. The van der Waals surface area contributed by atoms with Crippen LogP contribution in [0, 0.1) is 6.92 Å². The molecule has 0 saturated heterocycles. The molecule has 170 valence electrons. The van der Waals surface area contributed by atoms with Crippen LogP contribution in [-0.2, 0) is 17.1 Å². The highest BCUT2D eigenvalue weighted by Gasteiger charge is 2.26. The number of hydrogen-bond donors (Lipinski definition) is 3. The number of fused-ring (bicyclic) bond motifs is 1. The van der Waals surface area contributed by atoms with Gasteiger partial charge in [0, 0.05) is 23.6 Å². The van der Waals surface area contributed by atoms with Crippen molar-refractivity contribution in [1.29, 1.82) is 0 Å². The number of amides is 2. The lowest BCUT2D eigenvalue weighted by Gasteiger charge is -2.27. The molecule has 2 amide bonds. The zero-order valence-electron chi connectivity index (χ0n) is 18.7. The molecule has 0 aromatic heterocycles. The molecule has 4 rings (SSSR count). The normalized spacial score (nSPS) is 14.6. The van der Waals surface area contributed by atoms with E-state index in [1.165, 1.54) is 11.1 Å². The van der Waals surface area contributed by atoms with Crippen LogP contribution < -0.4 is 20.7 Å². The van der Waals surface area contributed by atoms with Crippen LogP contribution >= 0.6 is 11.8 Å². The zero-order chi connectivity index (χ0) is 23.2. The first-order valence-electron chi connectivity index (χ1n) is 10.8. The second-order valence-electron chi connectivity index (χ2n) is 7.92. The van der Waals surface area contributed by atoms with Crippen LogP contribution in [0.1, 0.15) is 27.0 Å². The lowest BCUT2D eigenvalue weighted by atomic mass is 10.1. The van der Waals surface area contributed by atoms with Gasteiger partial charge in [-0.05, 0) is 53.9 Å². The summed E-state index contributed by atoms with van der Waals surface area (Å²) in [7, 11) is 1.61. The first-order valence-corrected chi connectivity index (χ1v) is 11.9. The van der Waals surface area contributed by atoms with Gasteiger partial charge in [-0.25, -0.2) is 0 Å². The van der Waals surface area contributed by atoms with Crippen molar-refractivity contribution in [3.05, 3.63) is 89.0 Å². The van der Waals surface area contributed by atoms with E-state index in [4.69, 9.17) is 4.74 Å². The predicted molar refractivity (Wildman–Crippen MR) is 134 cm³/mol. The van der Waals surface area contributed by atoms with Crippen molar-refractivity contribution in [3.8, 4) is 5.75 Å². The van der Waals surface area contributed by atoms with Crippen molar-refractivity contribution in [2.45, 2.75) is 25.3 Å². The van der Waals surface area contributed by atoms with E-state index in [9.17, 15) is 9.59 Å². The van der Waals surface area contributed by atoms with Gasteiger partial charge in [0.25, 0.3) is 5.91 Å². The Bertz CT molecular complexity index is 1170. The number of carbonyl (C=O) groups excluding carboxylic acids is 2. The van der Waals surface area contributed by atoms with Gasteiger partial charge in [0.1, 0.15) is 11.8 Å². The van der Waals surface area contributed by atoms with Gasteiger partial charge in [0.2, 0.25) is 5.91 Å². The number of anilines is 2. The van der Waals surface area contributed by atoms with E-state index < -0.39 is 0 Å². The Morgan fingerprint density at radius 1 is 1.06 bits per heavy atom. The molecule has 1 aliphatic rings. The Morgan fingerprint density at radius 2 is 1.91 bits per heavy atom. The van der Waals surface area contributed by atoms with Crippen molar-refractivity contribution in [2.75, 3.05) is 23.5 Å². The standard InChI is InChI=1S/C26H27N3O3S/c1-17-6-3-4-8-20(17)15-33-16-24-26(31)29-23-13-19(10-11-22(23)28-24)25(30)27-14-18-7-5-9-21(12-18)32-2/h3-13,24,28H,14-16H2,1-2H3,(H,27,30)(H,29,31). The predicted octanol–water partition coefficient (Wildman–Crippen LogP) is 4.60. The highest BCUT2D eigenvalue weighted by atomic mass is 32.2. The summed E-state index contributed by atoms with van der Waals surface area (Å²) < 4.78 is 5.22. The maximum Gasteiger partial charge on any atom is 0.251 e. The van der Waals surface area contributed by atoms with Gasteiger partial charge in [-0.3, -0.25) is 9.59 Å². The number of benzene rings is 3. The van der Waals surface area contributed by atoms with Crippen LogP contribution in [0.5, 0.6) is 5.75 Å². The summed E-state index contributed by atoms with van der Waals surface area (Å²) in [4.78, 5) is 25.2. The molecular formula is C26H27N3O3S. The zero-order valence-corrected chi connectivity index (χ0v) is 19.5. The van der Waals surface area contributed by atoms with Crippen LogP contribution in [-0.4, -0.2) is 30.7 Å². The topological polar surface area (TPSA) is 79.5 Å². The Labute approximate surface area is 198 Å². The van der Waals surface area contributed by atoms with Crippen molar-refractivity contribution in [1.82, 2.24) is 5.32 Å². The fourth-order valence-corrected chi connectivity index (χ4v) is 4.76. The number of rotatable bonds is 8. The molecule has 6 nitrogen and oxygen atoms in total. The summed E-state index contributed by atoms with van der Waals surface area (Å²) in [5.41, 5.74) is 5.42. The van der Waals surface area contributed by atoms with Gasteiger partial charge in [0.15, 0.2) is 0 Å². The molecule has 1 atom stereocenters. The Hall–Kier alpha value is -3.45. The first-order chi connectivity index (χ1) is 16.0. The highest BCUT2D eigenvalue weighted by molar-refractivity contribution is 7.98. The fraction of sp³-hybridized carbons (Fsp3) is 0.231. The molecule has 0 radical (unpaired) electrons. The Morgan fingerprint density at radius 3 is 2.73 bits per heavy atom. The molecular weight excluding hydrogens is 434 g/mol. The van der Waals surface area contributed by atoms with E-state index in [-0.39, 0.29) is 17.9 Å². The molecule has 0 saturated carbocycles. The van der Waals surface area contributed by atoms with Crippen LogP contribution in [0.15, 0.2) is 66.7 Å². The molecule has 0 spiro atoms. The average molecular weight is 462 g/mol. The van der Waals surface area contributed by atoms with E-state index in [0.29, 0.717) is 23.5 Å². The quantitative estimate of drug-likeness (QED) is 0.457. The minimum absolute atomic E-state index is 0.0891. The first kappa shape index (κ1) is 22.7. The SMILES string of the molecule is COc1cccc(CNC(=O)c2ccc3c(c2)NC(=O)C(CSCc2ccccc2C)N3)c1. The second-order valence-corrected chi connectivity index (χ2v) is 8.95. The van der Waals surface area contributed by atoms with E-state index in [2.05, 4.69) is 35.0 Å². The summed E-state index contributed by atoms with van der Waals surface area (Å²) in [6.07, 6.45) is 0. The third kappa shape index (κ3) is 5.68. The minimum Gasteiger partial charge on any atom is -0.497 e. The number of ether oxygens (including phenoxy) is 1. The van der Waals surface area contributed by atoms with Crippen molar-refractivity contribution >= 4 is 35.0 Å². The van der Waals surface area contributed by atoms with E-state index in [1.807, 2.05) is 42.5 Å². The fourth-order valence-electron chi connectivity index (χ4n) is 3.63. The smallest absolute Gasteiger partial charge is 0.251 e. The average Bonchev–Trinajstić information content (AvgIpc) is 2.83. The van der Waals surface area contributed by atoms with Crippen molar-refractivity contribution < 1.29 is 14.3 Å². The van der Waals surface area contributed by atoms with Gasteiger partial charge in [-0.2, -0.15) is 11.8 Å². The molecule has 3 aromatic carbocycles. The van der Waals surface area contributed by atoms with Crippen LogP contribution in [0.2, 0.25) is 0 Å². The van der Waals surface area contributed by atoms with Gasteiger partial charge < -0.3 is 20.7 Å². The second kappa shape index (κ2) is 10.4. The van der Waals surface area contributed by atoms with Crippen LogP contribution in [0.4, 0.5) is 11.4 Å². The van der Waals surface area contributed by atoms with Crippen molar-refractivity contribution in [2.24, 2.45) is 0 Å². The summed E-state index contributed by atoms with van der Waals surface area (Å²) in [5.74, 6) is 1.97. The summed E-state index contributed by atoms with van der Waals surface area (Å²) in [5, 5.41) is 9.16. The number of thioether (sulfide) groups is 1. The third-order valence-corrected chi connectivity index (χ3v) is 6.66. The lowest BCUT2D eigenvalue weighted by Crippen LogP contribution is -2.40. The molecule has 3 N–H and O–H groups in total. The molecule has 0 aliphatic carbocycles. The summed E-state index contributed by atoms with van der Waals surface area (Å²) in [6.45, 7) is 2.49. The largest absolute Gasteiger partial charge is 0.497 e. The number of aryl methyl sites for hydroxylation is 1. The maximum atomic E-state index is 12.6. The van der Waals surface area contributed by atoms with Crippen LogP contribution in [0.25, 0.3) is 0 Å². The van der Waals surface area contributed by atoms with E-state index in [1.54, 1.807) is 31.0 Å². The van der Waals surface area contributed by atoms with Gasteiger partial charge in [-0.1, -0.05) is 36.4 Å². The van der Waals surface area contributed by atoms with E-state index >= 15 is 0 Å². The highest BCUT2D eigenvalue weighted by Crippen LogP contribution is 2.29. The molecule has 0 bridgehead atoms. The lowest BCUT2D eigenvalue weighted by molar-refractivity contribution is -0.116. The number of nitrogens with one attached hydrogen (secondary N) is 3. The Balaban J connectivity index is 1.34. The molecule has 1 unspecified atom stereocenters. The molecule has 33 heavy (non-hydrogen) atoms. The Kier molecular flexibility index (Phi) is 7.19. The maximum absolute atomic E-state index is 12.6. The number of methoxy groups -OCH3 is 1. The summed E-state index contributed by atoms with van der Waals surface area (Å²) >= 11 is 1.72. The van der Waals surface area contributed by atoms with Crippen LogP contribution in [0.3, 0.4) is 0 Å². The summed E-state index contributed by atoms with van der Waals surface area (Å²) in [6, 6.07) is 20.8. The van der Waals surface area contributed by atoms with E-state index in [0.717, 1.165) is 22.8 Å². The molecule has 1 heterocycles. The molecule has 0 fully saturated rings. The molecule has 1 aliphatic heterocycles. The number of hydrogen-bond acceptors (Lipinski definition) is 5. The number of carbonyl (C=O) groups is 2. The molecule has 7 heteroatoms. The van der Waals surface area contributed by atoms with Gasteiger partial charge in [0.05, 0.1) is 18.5 Å². The third-order valence-electron chi connectivity index (χ3n) is 5.58. The monoisotopic (exact) mass is 461 g/mol.